The second-order valence-electron chi connectivity index (χ2n) is 8.14. The number of anilines is 1. The summed E-state index contributed by atoms with van der Waals surface area (Å²) in [5, 5.41) is 3.84. The molecule has 1 aliphatic heterocycles. The van der Waals surface area contributed by atoms with Crippen LogP contribution in [0.3, 0.4) is 0 Å². The molecule has 3 aromatic rings. The fraction of sp³-hybridized carbons (Fsp3) is 0.318. The summed E-state index contributed by atoms with van der Waals surface area (Å²) in [6.07, 6.45) is 3.66. The Morgan fingerprint density at radius 2 is 1.81 bits per heavy atom. The van der Waals surface area contributed by atoms with Crippen LogP contribution in [0.15, 0.2) is 42.6 Å². The molecule has 1 aliphatic carbocycles. The van der Waals surface area contributed by atoms with Crippen molar-refractivity contribution in [1.29, 1.82) is 0 Å². The Morgan fingerprint density at radius 1 is 1.10 bits per heavy atom. The number of benzene rings is 1. The summed E-state index contributed by atoms with van der Waals surface area (Å²) in [4.78, 5) is 34.2. The third-order valence-corrected chi connectivity index (χ3v) is 7.51. The molecule has 162 valence electrons. The van der Waals surface area contributed by atoms with Crippen LogP contribution >= 0.6 is 10.6 Å². The van der Waals surface area contributed by atoms with Crippen molar-refractivity contribution < 1.29 is 18.7 Å². The van der Waals surface area contributed by atoms with Crippen molar-refractivity contribution in [2.75, 3.05) is 29.9 Å². The monoisotopic (exact) mass is 440 g/mol. The Kier molecular flexibility index (Phi) is 4.96. The maximum Gasteiger partial charge on any atom is 0.253 e. The van der Waals surface area contributed by atoms with E-state index in [0.717, 1.165) is 29.4 Å². The van der Waals surface area contributed by atoms with Gasteiger partial charge in [-0.25, -0.2) is 4.98 Å². The van der Waals surface area contributed by atoms with E-state index in [1.165, 1.54) is 0 Å². The lowest BCUT2D eigenvalue weighted by Gasteiger charge is -2.40. The Bertz CT molecular complexity index is 1140. The second-order valence-corrected chi connectivity index (χ2v) is 10.6. The molecule has 2 aromatic heterocycles. The molecule has 0 spiro atoms. The van der Waals surface area contributed by atoms with Crippen LogP contribution in [0, 0.1) is 5.92 Å². The first kappa shape index (κ1) is 20.0. The molecule has 31 heavy (non-hydrogen) atoms. The molecule has 0 radical (unpaired) electrons. The Morgan fingerprint density at radius 3 is 2.48 bits per heavy atom. The van der Waals surface area contributed by atoms with Gasteiger partial charge >= 0.3 is 0 Å². The first-order valence-corrected chi connectivity index (χ1v) is 12.2. The van der Waals surface area contributed by atoms with E-state index >= 15 is 0 Å². The van der Waals surface area contributed by atoms with E-state index in [2.05, 4.69) is 15.3 Å². The van der Waals surface area contributed by atoms with Crippen molar-refractivity contribution in [1.82, 2.24) is 14.9 Å². The summed E-state index contributed by atoms with van der Waals surface area (Å²) >= 11 is 0. The summed E-state index contributed by atoms with van der Waals surface area (Å²) in [5.41, 5.74) is 3.08. The summed E-state index contributed by atoms with van der Waals surface area (Å²) in [5.74, 6) is 0.953. The minimum atomic E-state index is -2.54. The van der Waals surface area contributed by atoms with Gasteiger partial charge in [0.2, 0.25) is 5.91 Å². The van der Waals surface area contributed by atoms with E-state index < -0.39 is 10.6 Å². The van der Waals surface area contributed by atoms with Gasteiger partial charge in [-0.05, 0) is 48.2 Å². The zero-order valence-electron chi connectivity index (χ0n) is 16.9. The minimum absolute atomic E-state index is 0.00319. The van der Waals surface area contributed by atoms with Gasteiger partial charge in [0.1, 0.15) is 11.5 Å². The van der Waals surface area contributed by atoms with Crippen LogP contribution in [0.1, 0.15) is 23.2 Å². The number of H-pyrrole nitrogens is 1. The normalized spacial score (nSPS) is 19.2. The van der Waals surface area contributed by atoms with Crippen molar-refractivity contribution in [3.05, 3.63) is 48.2 Å². The molecule has 2 amide bonds. The van der Waals surface area contributed by atoms with Gasteiger partial charge in [0.15, 0.2) is 0 Å². The number of hydrogen-bond acceptors (Lipinski definition) is 5. The van der Waals surface area contributed by atoms with E-state index in [0.29, 0.717) is 30.1 Å². The lowest BCUT2D eigenvalue weighted by atomic mass is 10.0. The quantitative estimate of drug-likeness (QED) is 0.492. The Hall–Kier alpha value is -2.88. The first-order chi connectivity index (χ1) is 14.9. The minimum Gasteiger partial charge on any atom is -0.346 e. The third-order valence-electron chi connectivity index (χ3n) is 5.83. The lowest BCUT2D eigenvalue weighted by Crippen LogP contribution is -2.42. The lowest BCUT2D eigenvalue weighted by molar-refractivity contribution is -0.117. The van der Waals surface area contributed by atoms with Crippen LogP contribution in [0.5, 0.6) is 0 Å². The number of aromatic amines is 1. The van der Waals surface area contributed by atoms with Crippen LogP contribution in [-0.2, 0) is 4.79 Å². The average Bonchev–Trinajstić information content (AvgIpc) is 3.51. The molecule has 1 aromatic carbocycles. The van der Waals surface area contributed by atoms with Gasteiger partial charge in [-0.3, -0.25) is 18.7 Å². The topological polar surface area (TPSA) is 119 Å². The van der Waals surface area contributed by atoms with Crippen LogP contribution in [0.2, 0.25) is 0 Å². The summed E-state index contributed by atoms with van der Waals surface area (Å²) in [6, 6.07) is 11.1. The van der Waals surface area contributed by atoms with E-state index in [-0.39, 0.29) is 29.2 Å². The molecule has 0 unspecified atom stereocenters. The van der Waals surface area contributed by atoms with Crippen LogP contribution < -0.4 is 5.32 Å². The fourth-order valence-electron chi connectivity index (χ4n) is 3.82. The van der Waals surface area contributed by atoms with Crippen molar-refractivity contribution in [2.45, 2.75) is 12.8 Å². The number of nitrogens with one attached hydrogen (secondary N) is 2. The van der Waals surface area contributed by atoms with Gasteiger partial charge in [0, 0.05) is 36.2 Å². The maximum absolute atomic E-state index is 12.8. The molecule has 1 saturated heterocycles. The number of rotatable bonds is 4. The molecule has 0 bridgehead atoms. The van der Waals surface area contributed by atoms with Gasteiger partial charge in [-0.1, -0.05) is 12.1 Å². The van der Waals surface area contributed by atoms with Gasteiger partial charge in [0.25, 0.3) is 5.91 Å². The standard InChI is InChI=1S/C22H24N4O4S/c27-21(15-3-4-15)25-19-13-18(17-7-8-23-20(17)24-19)14-1-5-16(6-2-14)22(28)26-9-11-31(29,30)12-10-26/h1-2,5-8,13,15,29-30H,3-4,9-12H2,(H2,23,24,25,27). The van der Waals surface area contributed by atoms with Gasteiger partial charge in [0.05, 0.1) is 11.5 Å². The van der Waals surface area contributed by atoms with E-state index in [1.54, 1.807) is 17.0 Å². The highest BCUT2D eigenvalue weighted by atomic mass is 32.3. The number of carbonyl (C=O) groups is 2. The molecule has 2 aliphatic rings. The smallest absolute Gasteiger partial charge is 0.253 e. The molecule has 8 nitrogen and oxygen atoms in total. The molecular weight excluding hydrogens is 416 g/mol. The molecule has 3 heterocycles. The number of aromatic nitrogens is 2. The zero-order chi connectivity index (χ0) is 21.6. The molecule has 2 fully saturated rings. The van der Waals surface area contributed by atoms with Crippen molar-refractivity contribution in [2.24, 2.45) is 5.92 Å². The predicted molar refractivity (Wildman–Crippen MR) is 121 cm³/mol. The number of fused-ring (bicyclic) bond motifs is 1. The summed E-state index contributed by atoms with van der Waals surface area (Å²) in [6.45, 7) is 0.697. The van der Waals surface area contributed by atoms with Crippen LogP contribution in [0.4, 0.5) is 5.82 Å². The van der Waals surface area contributed by atoms with E-state index in [4.69, 9.17) is 0 Å². The summed E-state index contributed by atoms with van der Waals surface area (Å²) in [7, 11) is -2.54. The van der Waals surface area contributed by atoms with Gasteiger partial charge < -0.3 is 15.2 Å². The number of carbonyl (C=O) groups excluding carboxylic acids is 2. The molecule has 9 heteroatoms. The van der Waals surface area contributed by atoms with Crippen molar-refractivity contribution >= 4 is 39.3 Å². The Labute approximate surface area is 181 Å². The second kappa shape index (κ2) is 7.67. The highest BCUT2D eigenvalue weighted by molar-refractivity contribution is 8.24. The summed E-state index contributed by atoms with van der Waals surface area (Å²) < 4.78 is 19.5. The number of nitrogens with zero attached hydrogens (tertiary/aromatic N) is 2. The highest BCUT2D eigenvalue weighted by Gasteiger charge is 2.30. The molecule has 5 rings (SSSR count). The maximum atomic E-state index is 12.8. The van der Waals surface area contributed by atoms with Crippen molar-refractivity contribution in [3.8, 4) is 11.1 Å². The SMILES string of the molecule is O=C(Nc1cc(-c2ccc(C(=O)N3CCS(O)(O)CC3)cc2)c2cc[nH]c2n1)C1CC1. The highest BCUT2D eigenvalue weighted by Crippen LogP contribution is 2.40. The van der Waals surface area contributed by atoms with Gasteiger partial charge in [-0.15, -0.1) is 0 Å². The Balaban J connectivity index is 1.39. The molecular formula is C22H24N4O4S. The van der Waals surface area contributed by atoms with Gasteiger partial charge in [-0.2, -0.15) is 10.6 Å². The first-order valence-electron chi connectivity index (χ1n) is 10.3. The molecule has 4 N–H and O–H groups in total. The third kappa shape index (κ3) is 4.16. The number of hydrogen-bond donors (Lipinski definition) is 4. The predicted octanol–water partition coefficient (Wildman–Crippen LogP) is 3.78. The zero-order valence-corrected chi connectivity index (χ0v) is 17.7. The molecule has 1 saturated carbocycles. The van der Waals surface area contributed by atoms with Crippen molar-refractivity contribution in [3.63, 3.8) is 0 Å². The largest absolute Gasteiger partial charge is 0.346 e. The molecule has 0 atom stereocenters. The van der Waals surface area contributed by atoms with E-state index in [1.807, 2.05) is 30.5 Å². The number of pyridine rings is 1. The number of amides is 2. The average molecular weight is 441 g/mol. The fourth-order valence-corrected chi connectivity index (χ4v) is 5.05. The van der Waals surface area contributed by atoms with Crippen LogP contribution in [-0.4, -0.2) is 60.4 Å². The van der Waals surface area contributed by atoms with Crippen LogP contribution in [0.25, 0.3) is 22.2 Å². The van der Waals surface area contributed by atoms with E-state index in [9.17, 15) is 18.7 Å².